The summed E-state index contributed by atoms with van der Waals surface area (Å²) in [5, 5.41) is 0.554. The molecule has 14 heteroatoms. The molecule has 1 aromatic heterocycles. The zero-order chi connectivity index (χ0) is 38.3. The molecule has 1 amide bonds. The number of carbonyl (C=O) groups is 4. The Hall–Kier alpha value is -5.26. The van der Waals surface area contributed by atoms with E-state index < -0.39 is 0 Å². The first-order chi connectivity index (χ1) is 25.8. The second-order valence-corrected chi connectivity index (χ2v) is 11.8. The number of methoxy groups -OCH3 is 2. The SMILES string of the molecule is C#Cc1cccc(N(C(=O)CCCCOC(=O)CCCCOC(=O)CCCCOC(C)=O)c2ncnc3cc(OCCOC)c(OCCOC)cc23)c1. The van der Waals surface area contributed by atoms with Crippen LogP contribution < -0.4 is 14.4 Å². The number of anilines is 2. The summed E-state index contributed by atoms with van der Waals surface area (Å²) >= 11 is 0. The van der Waals surface area contributed by atoms with Crippen LogP contribution >= 0.6 is 0 Å². The molecule has 53 heavy (non-hydrogen) atoms. The molecule has 14 nitrogen and oxygen atoms in total. The molecule has 2 aromatic carbocycles. The van der Waals surface area contributed by atoms with Crippen LogP contribution in [0, 0.1) is 12.3 Å². The van der Waals surface area contributed by atoms with Crippen LogP contribution in [0.3, 0.4) is 0 Å². The van der Waals surface area contributed by atoms with Crippen molar-refractivity contribution in [2.24, 2.45) is 0 Å². The van der Waals surface area contributed by atoms with Crippen LogP contribution in [-0.4, -0.2) is 94.3 Å². The first kappa shape index (κ1) is 42.2. The van der Waals surface area contributed by atoms with E-state index in [0.29, 0.717) is 97.8 Å². The van der Waals surface area contributed by atoms with Crippen molar-refractivity contribution >= 4 is 46.2 Å². The standard InChI is InChI=1S/C39H49N3O11/c1-5-30-13-12-14-31(25-30)42(39-32-26-34(50-23-21-47-3)35(51-24-22-48-4)27-33(32)40-28-41-39)36(44)15-6-9-19-52-38(46)17-8-11-20-53-37(45)16-7-10-18-49-29(2)43/h1,12-14,25-28H,6-11,15-24H2,2-4H3. The molecule has 3 rings (SSSR count). The quantitative estimate of drug-likeness (QED) is 0.0466. The number of esters is 3. The van der Waals surface area contributed by atoms with Gasteiger partial charge in [-0.15, -0.1) is 6.42 Å². The number of hydrogen-bond acceptors (Lipinski definition) is 13. The molecule has 0 saturated heterocycles. The smallest absolute Gasteiger partial charge is 0.305 e. The maximum atomic E-state index is 14.0. The lowest BCUT2D eigenvalue weighted by Crippen LogP contribution is -2.27. The van der Waals surface area contributed by atoms with Gasteiger partial charge < -0.3 is 33.2 Å². The molecule has 0 unspecified atom stereocenters. The minimum atomic E-state index is -0.359. The lowest BCUT2D eigenvalue weighted by molar-refractivity contribution is -0.144. The summed E-state index contributed by atoms with van der Waals surface area (Å²) in [6.45, 7) is 3.28. The third-order valence-electron chi connectivity index (χ3n) is 7.67. The molecule has 0 radical (unpaired) electrons. The number of carbonyl (C=O) groups excluding carboxylic acids is 4. The number of rotatable bonds is 25. The fourth-order valence-corrected chi connectivity index (χ4v) is 5.01. The van der Waals surface area contributed by atoms with Crippen LogP contribution in [0.1, 0.15) is 70.3 Å². The Morgan fingerprint density at radius 1 is 0.698 bits per heavy atom. The topological polar surface area (TPSA) is 162 Å². The molecule has 0 atom stereocenters. The number of nitrogens with zero attached hydrogens (tertiary/aromatic N) is 3. The molecule has 0 saturated carbocycles. The minimum Gasteiger partial charge on any atom is -0.487 e. The van der Waals surface area contributed by atoms with Crippen molar-refractivity contribution in [1.82, 2.24) is 9.97 Å². The van der Waals surface area contributed by atoms with Crippen molar-refractivity contribution < 1.29 is 52.3 Å². The van der Waals surface area contributed by atoms with E-state index in [2.05, 4.69) is 15.9 Å². The van der Waals surface area contributed by atoms with Gasteiger partial charge in [-0.1, -0.05) is 12.0 Å². The van der Waals surface area contributed by atoms with E-state index in [1.54, 1.807) is 50.6 Å². The van der Waals surface area contributed by atoms with Gasteiger partial charge in [-0.05, 0) is 62.8 Å². The summed E-state index contributed by atoms with van der Waals surface area (Å²) in [6.07, 6.45) is 10.7. The molecule has 0 bridgehead atoms. The van der Waals surface area contributed by atoms with Crippen LogP contribution in [0.25, 0.3) is 10.9 Å². The molecule has 0 N–H and O–H groups in total. The predicted octanol–water partition coefficient (Wildman–Crippen LogP) is 5.49. The summed E-state index contributed by atoms with van der Waals surface area (Å²) in [4.78, 5) is 59.3. The normalized spacial score (nSPS) is 10.7. The second-order valence-electron chi connectivity index (χ2n) is 11.8. The monoisotopic (exact) mass is 735 g/mol. The van der Waals surface area contributed by atoms with Gasteiger partial charge in [0, 0.05) is 57.4 Å². The van der Waals surface area contributed by atoms with E-state index in [4.69, 9.17) is 39.6 Å². The van der Waals surface area contributed by atoms with Crippen LogP contribution in [0.4, 0.5) is 11.5 Å². The van der Waals surface area contributed by atoms with Crippen LogP contribution in [-0.2, 0) is 42.9 Å². The van der Waals surface area contributed by atoms with Crippen molar-refractivity contribution in [3.63, 3.8) is 0 Å². The average Bonchev–Trinajstić information content (AvgIpc) is 3.15. The van der Waals surface area contributed by atoms with E-state index in [9.17, 15) is 19.2 Å². The van der Waals surface area contributed by atoms with Gasteiger partial charge in [0.1, 0.15) is 19.5 Å². The van der Waals surface area contributed by atoms with Crippen molar-refractivity contribution in [2.75, 3.05) is 65.4 Å². The van der Waals surface area contributed by atoms with E-state index in [1.807, 2.05) is 0 Å². The maximum absolute atomic E-state index is 14.0. The summed E-state index contributed by atoms with van der Waals surface area (Å²) in [5.41, 5.74) is 1.66. The van der Waals surface area contributed by atoms with E-state index in [-0.39, 0.29) is 69.5 Å². The summed E-state index contributed by atoms with van der Waals surface area (Å²) in [5.74, 6) is 2.57. The van der Waals surface area contributed by atoms with Crippen LogP contribution in [0.5, 0.6) is 11.5 Å². The summed E-state index contributed by atoms with van der Waals surface area (Å²) in [7, 11) is 3.16. The predicted molar refractivity (Wildman–Crippen MR) is 196 cm³/mol. The molecule has 3 aromatic rings. The molecule has 0 aliphatic heterocycles. The van der Waals surface area contributed by atoms with Gasteiger partial charge in [0.05, 0.1) is 44.2 Å². The number of fused-ring (bicyclic) bond motifs is 1. The first-order valence-electron chi connectivity index (χ1n) is 17.6. The Kier molecular flexibility index (Phi) is 19.1. The molecular weight excluding hydrogens is 686 g/mol. The van der Waals surface area contributed by atoms with Gasteiger partial charge >= 0.3 is 17.9 Å². The van der Waals surface area contributed by atoms with Crippen molar-refractivity contribution in [1.29, 1.82) is 0 Å². The minimum absolute atomic E-state index is 0.133. The summed E-state index contributed by atoms with van der Waals surface area (Å²) in [6, 6.07) is 10.5. The van der Waals surface area contributed by atoms with Gasteiger partial charge in [-0.25, -0.2) is 9.97 Å². The van der Waals surface area contributed by atoms with Crippen molar-refractivity contribution in [2.45, 2.75) is 64.7 Å². The number of amides is 1. The highest BCUT2D eigenvalue weighted by Crippen LogP contribution is 2.38. The Morgan fingerprint density at radius 3 is 1.87 bits per heavy atom. The van der Waals surface area contributed by atoms with Crippen molar-refractivity contribution in [3.05, 3.63) is 48.3 Å². The fraction of sp³-hybridized carbons (Fsp3) is 0.487. The largest absolute Gasteiger partial charge is 0.487 e. The van der Waals surface area contributed by atoms with Crippen LogP contribution in [0.2, 0.25) is 0 Å². The van der Waals surface area contributed by atoms with Gasteiger partial charge in [0.25, 0.3) is 0 Å². The zero-order valence-electron chi connectivity index (χ0n) is 30.8. The summed E-state index contributed by atoms with van der Waals surface area (Å²) < 4.78 is 37.6. The van der Waals surface area contributed by atoms with Gasteiger partial charge in [0.15, 0.2) is 17.3 Å². The zero-order valence-corrected chi connectivity index (χ0v) is 30.8. The molecule has 0 aliphatic rings. The number of unbranched alkanes of at least 4 members (excludes halogenated alkanes) is 3. The van der Waals surface area contributed by atoms with Gasteiger partial charge in [0.2, 0.25) is 5.91 Å². The first-order valence-corrected chi connectivity index (χ1v) is 17.6. The van der Waals surface area contributed by atoms with E-state index in [0.717, 1.165) is 0 Å². The number of ether oxygens (including phenoxy) is 7. The number of hydrogen-bond donors (Lipinski definition) is 0. The number of benzene rings is 2. The molecular formula is C39H49N3O11. The average molecular weight is 736 g/mol. The lowest BCUT2D eigenvalue weighted by atomic mass is 10.1. The highest BCUT2D eigenvalue weighted by atomic mass is 16.6. The van der Waals surface area contributed by atoms with Crippen LogP contribution in [0.15, 0.2) is 42.7 Å². The van der Waals surface area contributed by atoms with Gasteiger partial charge in [-0.2, -0.15) is 0 Å². The fourth-order valence-electron chi connectivity index (χ4n) is 5.01. The number of terminal acetylenes is 1. The van der Waals surface area contributed by atoms with Gasteiger partial charge in [-0.3, -0.25) is 24.1 Å². The van der Waals surface area contributed by atoms with Crippen molar-refractivity contribution in [3.8, 4) is 23.8 Å². The molecule has 286 valence electrons. The van der Waals surface area contributed by atoms with E-state index >= 15 is 0 Å². The Bertz CT molecular complexity index is 1670. The second kappa shape index (κ2) is 24.1. The lowest BCUT2D eigenvalue weighted by Gasteiger charge is -2.24. The Balaban J connectivity index is 1.58. The maximum Gasteiger partial charge on any atom is 0.305 e. The highest BCUT2D eigenvalue weighted by molar-refractivity contribution is 6.06. The van der Waals surface area contributed by atoms with E-state index in [1.165, 1.54) is 18.2 Å². The Labute approximate surface area is 310 Å². The third kappa shape index (κ3) is 15.1. The molecule has 0 aliphatic carbocycles. The molecule has 1 heterocycles. The number of aromatic nitrogens is 2. The molecule has 0 fully saturated rings. The Morgan fingerprint density at radius 2 is 1.28 bits per heavy atom. The third-order valence-corrected chi connectivity index (χ3v) is 7.67. The molecule has 0 spiro atoms. The highest BCUT2D eigenvalue weighted by Gasteiger charge is 2.23.